The zero-order valence-corrected chi connectivity index (χ0v) is 15.6. The molecular formula is C19H24N2O3S. The van der Waals surface area contributed by atoms with E-state index in [4.69, 9.17) is 26.4 Å². The molecule has 2 aromatic rings. The van der Waals surface area contributed by atoms with Crippen molar-refractivity contribution in [3.05, 3.63) is 48.5 Å². The van der Waals surface area contributed by atoms with Gasteiger partial charge in [-0.3, -0.25) is 0 Å². The molecule has 2 N–H and O–H groups in total. The molecule has 0 aliphatic rings. The molecule has 0 aliphatic carbocycles. The minimum Gasteiger partial charge on any atom is -0.497 e. The SMILES string of the molecule is CCOc1ccccc1NC(=S)NC(C)COc1ccc(OC)cc1. The number of benzene rings is 2. The van der Waals surface area contributed by atoms with Gasteiger partial charge in [0.2, 0.25) is 0 Å². The summed E-state index contributed by atoms with van der Waals surface area (Å²) in [6.45, 7) is 5.05. The predicted molar refractivity (Wildman–Crippen MR) is 105 cm³/mol. The van der Waals surface area contributed by atoms with Crippen LogP contribution in [0, 0.1) is 0 Å². The molecule has 6 heteroatoms. The van der Waals surface area contributed by atoms with E-state index in [0.717, 1.165) is 22.9 Å². The summed E-state index contributed by atoms with van der Waals surface area (Å²) >= 11 is 5.37. The second-order valence-corrected chi connectivity index (χ2v) is 5.82. The van der Waals surface area contributed by atoms with Gasteiger partial charge in [0.15, 0.2) is 5.11 Å². The molecule has 0 saturated heterocycles. The van der Waals surface area contributed by atoms with Gasteiger partial charge in [-0.25, -0.2) is 0 Å². The highest BCUT2D eigenvalue weighted by molar-refractivity contribution is 7.80. The van der Waals surface area contributed by atoms with Gasteiger partial charge in [0.05, 0.1) is 25.4 Å². The molecule has 2 aromatic carbocycles. The Labute approximate surface area is 154 Å². The molecule has 0 fully saturated rings. The summed E-state index contributed by atoms with van der Waals surface area (Å²) in [7, 11) is 1.64. The molecule has 0 heterocycles. The average molecular weight is 360 g/mol. The molecule has 1 unspecified atom stereocenters. The fourth-order valence-corrected chi connectivity index (χ4v) is 2.48. The van der Waals surface area contributed by atoms with Crippen LogP contribution in [0.25, 0.3) is 0 Å². The van der Waals surface area contributed by atoms with Gasteiger partial charge < -0.3 is 24.8 Å². The Balaban J connectivity index is 1.81. The summed E-state index contributed by atoms with van der Waals surface area (Å²) in [5.41, 5.74) is 0.838. The molecule has 0 spiro atoms. The van der Waals surface area contributed by atoms with Crippen LogP contribution in [0.2, 0.25) is 0 Å². The molecule has 0 radical (unpaired) electrons. The van der Waals surface area contributed by atoms with Gasteiger partial charge in [-0.1, -0.05) is 12.1 Å². The third kappa shape index (κ3) is 6.15. The molecule has 5 nitrogen and oxygen atoms in total. The number of thiocarbonyl (C=S) groups is 1. The van der Waals surface area contributed by atoms with E-state index < -0.39 is 0 Å². The molecule has 1 atom stereocenters. The average Bonchev–Trinajstić information content (AvgIpc) is 2.62. The summed E-state index contributed by atoms with van der Waals surface area (Å²) in [5, 5.41) is 6.89. The summed E-state index contributed by atoms with van der Waals surface area (Å²) < 4.78 is 16.5. The van der Waals surface area contributed by atoms with Crippen molar-refractivity contribution < 1.29 is 14.2 Å². The van der Waals surface area contributed by atoms with E-state index in [-0.39, 0.29) is 6.04 Å². The second kappa shape index (κ2) is 9.74. The minimum absolute atomic E-state index is 0.0429. The number of hydrogen-bond acceptors (Lipinski definition) is 4. The Kier molecular flexibility index (Phi) is 7.35. The van der Waals surface area contributed by atoms with Crippen molar-refractivity contribution in [3.8, 4) is 17.2 Å². The Morgan fingerprint density at radius 1 is 1.04 bits per heavy atom. The fraction of sp³-hybridized carbons (Fsp3) is 0.316. The Bertz CT molecular complexity index is 677. The zero-order valence-electron chi connectivity index (χ0n) is 14.7. The maximum absolute atomic E-state index is 5.75. The molecule has 2 rings (SSSR count). The van der Waals surface area contributed by atoms with Crippen molar-refractivity contribution in [2.75, 3.05) is 25.6 Å². The van der Waals surface area contributed by atoms with Crippen LogP contribution in [-0.4, -0.2) is 31.5 Å². The highest BCUT2D eigenvalue weighted by atomic mass is 32.1. The Morgan fingerprint density at radius 2 is 1.72 bits per heavy atom. The number of hydrogen-bond donors (Lipinski definition) is 2. The summed E-state index contributed by atoms with van der Waals surface area (Å²) in [6, 6.07) is 15.2. The predicted octanol–water partition coefficient (Wildman–Crippen LogP) is 3.85. The molecule has 0 amide bonds. The van der Waals surface area contributed by atoms with Crippen LogP contribution in [0.1, 0.15) is 13.8 Å². The minimum atomic E-state index is 0.0429. The van der Waals surface area contributed by atoms with Crippen molar-refractivity contribution in [3.63, 3.8) is 0 Å². The lowest BCUT2D eigenvalue weighted by molar-refractivity contribution is 0.286. The highest BCUT2D eigenvalue weighted by Crippen LogP contribution is 2.23. The largest absolute Gasteiger partial charge is 0.497 e. The molecule has 0 bridgehead atoms. The van der Waals surface area contributed by atoms with Gasteiger partial charge in [0, 0.05) is 0 Å². The van der Waals surface area contributed by atoms with Crippen LogP contribution < -0.4 is 24.8 Å². The first-order chi connectivity index (χ1) is 12.1. The van der Waals surface area contributed by atoms with Gasteiger partial charge in [0.25, 0.3) is 0 Å². The van der Waals surface area contributed by atoms with Crippen molar-refractivity contribution in [2.45, 2.75) is 19.9 Å². The molecule has 0 aromatic heterocycles. The van der Waals surface area contributed by atoms with Crippen LogP contribution in [-0.2, 0) is 0 Å². The van der Waals surface area contributed by atoms with Crippen LogP contribution in [0.5, 0.6) is 17.2 Å². The lowest BCUT2D eigenvalue weighted by Crippen LogP contribution is -2.39. The molecule has 25 heavy (non-hydrogen) atoms. The third-order valence-electron chi connectivity index (χ3n) is 3.37. The molecule has 134 valence electrons. The van der Waals surface area contributed by atoms with Crippen LogP contribution in [0.4, 0.5) is 5.69 Å². The maximum atomic E-state index is 5.75. The van der Waals surface area contributed by atoms with E-state index >= 15 is 0 Å². The van der Waals surface area contributed by atoms with Gasteiger partial charge in [-0.15, -0.1) is 0 Å². The van der Waals surface area contributed by atoms with E-state index in [2.05, 4.69) is 10.6 Å². The fourth-order valence-electron chi connectivity index (χ4n) is 2.17. The lowest BCUT2D eigenvalue weighted by Gasteiger charge is -2.19. The standard InChI is InChI=1S/C19H24N2O3S/c1-4-23-18-8-6-5-7-17(18)21-19(25)20-14(2)13-24-16-11-9-15(22-3)10-12-16/h5-12,14H,4,13H2,1-3H3,(H2,20,21,25). The summed E-state index contributed by atoms with van der Waals surface area (Å²) in [6.07, 6.45) is 0. The smallest absolute Gasteiger partial charge is 0.171 e. The van der Waals surface area contributed by atoms with Crippen molar-refractivity contribution in [1.82, 2.24) is 5.32 Å². The lowest BCUT2D eigenvalue weighted by atomic mass is 10.3. The number of rotatable bonds is 8. The number of ether oxygens (including phenoxy) is 3. The van der Waals surface area contributed by atoms with Crippen LogP contribution in [0.3, 0.4) is 0 Å². The zero-order chi connectivity index (χ0) is 18.1. The van der Waals surface area contributed by atoms with Crippen molar-refractivity contribution in [1.29, 1.82) is 0 Å². The van der Waals surface area contributed by atoms with E-state index in [1.807, 2.05) is 62.4 Å². The summed E-state index contributed by atoms with van der Waals surface area (Å²) in [5.74, 6) is 2.36. The maximum Gasteiger partial charge on any atom is 0.171 e. The first-order valence-corrected chi connectivity index (χ1v) is 8.59. The van der Waals surface area contributed by atoms with E-state index in [0.29, 0.717) is 18.3 Å². The Morgan fingerprint density at radius 3 is 2.40 bits per heavy atom. The monoisotopic (exact) mass is 360 g/mol. The first kappa shape index (κ1) is 18.9. The third-order valence-corrected chi connectivity index (χ3v) is 3.59. The molecule has 0 saturated carbocycles. The normalized spacial score (nSPS) is 11.3. The van der Waals surface area contributed by atoms with E-state index in [9.17, 15) is 0 Å². The highest BCUT2D eigenvalue weighted by Gasteiger charge is 2.08. The Hall–Kier alpha value is -2.47. The van der Waals surface area contributed by atoms with Crippen LogP contribution in [0.15, 0.2) is 48.5 Å². The number of methoxy groups -OCH3 is 1. The summed E-state index contributed by atoms with van der Waals surface area (Å²) in [4.78, 5) is 0. The van der Waals surface area contributed by atoms with Gasteiger partial charge >= 0.3 is 0 Å². The number of para-hydroxylation sites is 2. The van der Waals surface area contributed by atoms with Gasteiger partial charge in [-0.05, 0) is 62.5 Å². The van der Waals surface area contributed by atoms with Gasteiger partial charge in [0.1, 0.15) is 23.9 Å². The topological polar surface area (TPSA) is 51.8 Å². The molecular weight excluding hydrogens is 336 g/mol. The molecule has 0 aliphatic heterocycles. The second-order valence-electron chi connectivity index (χ2n) is 5.42. The van der Waals surface area contributed by atoms with E-state index in [1.54, 1.807) is 7.11 Å². The number of nitrogens with one attached hydrogen (secondary N) is 2. The van der Waals surface area contributed by atoms with Crippen molar-refractivity contribution >= 4 is 23.0 Å². The quantitative estimate of drug-likeness (QED) is 0.698. The van der Waals surface area contributed by atoms with Crippen LogP contribution >= 0.6 is 12.2 Å². The first-order valence-electron chi connectivity index (χ1n) is 8.18. The number of anilines is 1. The van der Waals surface area contributed by atoms with E-state index in [1.165, 1.54) is 0 Å². The van der Waals surface area contributed by atoms with Gasteiger partial charge in [-0.2, -0.15) is 0 Å². The van der Waals surface area contributed by atoms with Crippen molar-refractivity contribution in [2.24, 2.45) is 0 Å².